The molecule has 0 aliphatic carbocycles. The highest BCUT2D eigenvalue weighted by atomic mass is 32.1. The fraction of sp³-hybridized carbons (Fsp3) is 0.214. The van der Waals surface area contributed by atoms with Gasteiger partial charge in [-0.15, -0.1) is 0 Å². The molecule has 0 radical (unpaired) electrons. The number of carboxylic acid groups (broad SMARTS) is 1. The number of carbonyl (C=O) groups is 2. The van der Waals surface area contributed by atoms with Crippen LogP contribution in [-0.2, 0) is 0 Å². The normalized spacial score (nSPS) is 11.9. The van der Waals surface area contributed by atoms with Crippen molar-refractivity contribution in [3.8, 4) is 0 Å². The Bertz CT molecular complexity index is 606. The highest BCUT2D eigenvalue weighted by molar-refractivity contribution is 7.17. The minimum Gasteiger partial charge on any atom is -0.476 e. The van der Waals surface area contributed by atoms with E-state index in [0.29, 0.717) is 5.13 Å². The van der Waals surface area contributed by atoms with Crippen molar-refractivity contribution in [3.63, 3.8) is 0 Å². The Morgan fingerprint density at radius 3 is 2.45 bits per heavy atom. The minimum atomic E-state index is -1.19. The zero-order valence-electron chi connectivity index (χ0n) is 11.1. The number of aromatic nitrogens is 1. The van der Waals surface area contributed by atoms with Crippen molar-refractivity contribution in [1.29, 1.82) is 0 Å². The van der Waals surface area contributed by atoms with E-state index in [1.807, 2.05) is 37.3 Å². The molecule has 0 fully saturated rings. The van der Waals surface area contributed by atoms with E-state index in [1.165, 1.54) is 6.92 Å². The Kier molecular flexibility index (Phi) is 4.14. The molecule has 20 heavy (non-hydrogen) atoms. The molecular weight excluding hydrogens is 276 g/mol. The lowest BCUT2D eigenvalue weighted by molar-refractivity contribution is 0.0687. The molecular formula is C14H14N2O3S. The van der Waals surface area contributed by atoms with E-state index in [9.17, 15) is 9.59 Å². The largest absolute Gasteiger partial charge is 0.476 e. The summed E-state index contributed by atoms with van der Waals surface area (Å²) in [6.45, 7) is 3.29. The maximum atomic E-state index is 11.4. The van der Waals surface area contributed by atoms with Gasteiger partial charge in [-0.3, -0.25) is 4.79 Å². The van der Waals surface area contributed by atoms with Gasteiger partial charge in [0.2, 0.25) is 0 Å². The average Bonchev–Trinajstić information content (AvgIpc) is 2.84. The molecule has 0 aliphatic rings. The van der Waals surface area contributed by atoms with Gasteiger partial charge in [-0.2, -0.15) is 0 Å². The van der Waals surface area contributed by atoms with Crippen LogP contribution in [0.1, 0.15) is 45.6 Å². The number of carboxylic acids is 1. The molecule has 2 rings (SSSR count). The second-order valence-electron chi connectivity index (χ2n) is 4.33. The third-order valence-electron chi connectivity index (χ3n) is 2.79. The van der Waals surface area contributed by atoms with E-state index < -0.39 is 5.97 Å². The van der Waals surface area contributed by atoms with Gasteiger partial charge in [0.05, 0.1) is 6.04 Å². The van der Waals surface area contributed by atoms with Gasteiger partial charge in [0, 0.05) is 6.92 Å². The molecule has 104 valence electrons. The van der Waals surface area contributed by atoms with Gasteiger partial charge < -0.3 is 10.4 Å². The molecule has 0 saturated heterocycles. The Morgan fingerprint density at radius 2 is 1.95 bits per heavy atom. The zero-order chi connectivity index (χ0) is 14.7. The van der Waals surface area contributed by atoms with Gasteiger partial charge >= 0.3 is 5.97 Å². The van der Waals surface area contributed by atoms with Crippen LogP contribution in [0, 0.1) is 0 Å². The summed E-state index contributed by atoms with van der Waals surface area (Å²) in [7, 11) is 0. The van der Waals surface area contributed by atoms with Crippen molar-refractivity contribution in [3.05, 3.63) is 46.5 Å². The lowest BCUT2D eigenvalue weighted by Crippen LogP contribution is -2.07. The molecule has 1 atom stereocenters. The number of anilines is 1. The predicted molar refractivity (Wildman–Crippen MR) is 77.6 cm³/mol. The first-order valence-corrected chi connectivity index (χ1v) is 6.87. The molecule has 0 amide bonds. The second-order valence-corrected chi connectivity index (χ2v) is 5.33. The number of thiazole rings is 1. The fourth-order valence-corrected chi connectivity index (χ4v) is 2.72. The standard InChI is InChI=1S/C14H14N2O3S/c1-8(10-6-4-3-5-7-10)15-14-16-11(13(18)19)12(20-14)9(2)17/h3-8H,1-2H3,(H,15,16)(H,18,19). The fourth-order valence-electron chi connectivity index (χ4n) is 1.78. The number of carbonyl (C=O) groups excluding carboxylic acids is 1. The molecule has 0 spiro atoms. The third-order valence-corrected chi connectivity index (χ3v) is 3.88. The number of nitrogens with zero attached hydrogens (tertiary/aromatic N) is 1. The second kappa shape index (κ2) is 5.83. The number of nitrogens with one attached hydrogen (secondary N) is 1. The van der Waals surface area contributed by atoms with Gasteiger partial charge in [-0.1, -0.05) is 41.7 Å². The monoisotopic (exact) mass is 290 g/mol. The number of aromatic carboxylic acids is 1. The van der Waals surface area contributed by atoms with Crippen molar-refractivity contribution < 1.29 is 14.7 Å². The number of hydrogen-bond acceptors (Lipinski definition) is 5. The van der Waals surface area contributed by atoms with Gasteiger partial charge in [-0.25, -0.2) is 9.78 Å². The zero-order valence-corrected chi connectivity index (χ0v) is 11.9. The third kappa shape index (κ3) is 3.03. The topological polar surface area (TPSA) is 79.3 Å². The first-order valence-electron chi connectivity index (χ1n) is 6.05. The van der Waals surface area contributed by atoms with E-state index in [0.717, 1.165) is 16.9 Å². The van der Waals surface area contributed by atoms with E-state index >= 15 is 0 Å². The molecule has 0 bridgehead atoms. The summed E-state index contributed by atoms with van der Waals surface area (Å²) < 4.78 is 0. The lowest BCUT2D eigenvalue weighted by atomic mass is 10.1. The molecule has 6 heteroatoms. The molecule has 2 N–H and O–H groups in total. The molecule has 2 aromatic rings. The van der Waals surface area contributed by atoms with Crippen LogP contribution in [0.5, 0.6) is 0 Å². The van der Waals surface area contributed by atoms with Crippen molar-refractivity contribution in [2.75, 3.05) is 5.32 Å². The Balaban J connectivity index is 2.24. The number of ketones is 1. The lowest BCUT2D eigenvalue weighted by Gasteiger charge is -2.12. The molecule has 1 heterocycles. The van der Waals surface area contributed by atoms with E-state index in [1.54, 1.807) is 0 Å². The molecule has 0 saturated carbocycles. The maximum absolute atomic E-state index is 11.4. The number of Topliss-reactive ketones (excluding diaryl/α,β-unsaturated/α-hetero) is 1. The Hall–Kier alpha value is -2.21. The van der Waals surface area contributed by atoms with Crippen molar-refractivity contribution in [2.45, 2.75) is 19.9 Å². The molecule has 1 unspecified atom stereocenters. The van der Waals surface area contributed by atoms with Crippen LogP contribution in [0.4, 0.5) is 5.13 Å². The van der Waals surface area contributed by atoms with Crippen LogP contribution >= 0.6 is 11.3 Å². The first-order chi connectivity index (χ1) is 9.49. The number of benzene rings is 1. The smallest absolute Gasteiger partial charge is 0.356 e. The molecule has 1 aromatic carbocycles. The van der Waals surface area contributed by atoms with Crippen LogP contribution in [0.2, 0.25) is 0 Å². The summed E-state index contributed by atoms with van der Waals surface area (Å²) in [5.41, 5.74) is 0.870. The summed E-state index contributed by atoms with van der Waals surface area (Å²) in [6, 6.07) is 9.70. The van der Waals surface area contributed by atoms with Crippen molar-refractivity contribution in [2.24, 2.45) is 0 Å². The summed E-state index contributed by atoms with van der Waals surface area (Å²) in [5, 5.41) is 12.6. The Morgan fingerprint density at radius 1 is 1.30 bits per heavy atom. The van der Waals surface area contributed by atoms with Crippen LogP contribution in [-0.4, -0.2) is 21.8 Å². The molecule has 0 aliphatic heterocycles. The summed E-state index contributed by atoms with van der Waals surface area (Å²) in [5.74, 6) is -1.48. The average molecular weight is 290 g/mol. The molecule has 5 nitrogen and oxygen atoms in total. The highest BCUT2D eigenvalue weighted by Gasteiger charge is 2.21. The predicted octanol–water partition coefficient (Wildman–Crippen LogP) is 3.22. The van der Waals surface area contributed by atoms with E-state index in [4.69, 9.17) is 5.11 Å². The minimum absolute atomic E-state index is 0.0243. The number of rotatable bonds is 5. The van der Waals surface area contributed by atoms with Crippen molar-refractivity contribution in [1.82, 2.24) is 4.98 Å². The quantitative estimate of drug-likeness (QED) is 0.826. The summed E-state index contributed by atoms with van der Waals surface area (Å²) in [6.07, 6.45) is 0. The van der Waals surface area contributed by atoms with E-state index in [2.05, 4.69) is 10.3 Å². The van der Waals surface area contributed by atoms with Crippen LogP contribution < -0.4 is 5.32 Å². The maximum Gasteiger partial charge on any atom is 0.356 e. The van der Waals surface area contributed by atoms with Gasteiger partial charge in [0.25, 0.3) is 0 Å². The van der Waals surface area contributed by atoms with Crippen LogP contribution in [0.15, 0.2) is 30.3 Å². The van der Waals surface area contributed by atoms with E-state index in [-0.39, 0.29) is 22.4 Å². The molecule has 1 aromatic heterocycles. The van der Waals surface area contributed by atoms with Gasteiger partial charge in [0.15, 0.2) is 16.6 Å². The summed E-state index contributed by atoms with van der Waals surface area (Å²) in [4.78, 5) is 26.6. The van der Waals surface area contributed by atoms with Crippen molar-refractivity contribution >= 4 is 28.2 Å². The number of hydrogen-bond donors (Lipinski definition) is 2. The highest BCUT2D eigenvalue weighted by Crippen LogP contribution is 2.27. The van der Waals surface area contributed by atoms with Crippen LogP contribution in [0.25, 0.3) is 0 Å². The first kappa shape index (κ1) is 14.2. The van der Waals surface area contributed by atoms with Gasteiger partial charge in [-0.05, 0) is 12.5 Å². The Labute approximate surface area is 120 Å². The SMILES string of the molecule is CC(=O)c1sc(NC(C)c2ccccc2)nc1C(=O)O. The summed E-state index contributed by atoms with van der Waals surface area (Å²) >= 11 is 1.07. The van der Waals surface area contributed by atoms with Crippen LogP contribution in [0.3, 0.4) is 0 Å². The van der Waals surface area contributed by atoms with Gasteiger partial charge in [0.1, 0.15) is 4.88 Å².